The quantitative estimate of drug-likeness (QED) is 0.763. The van der Waals surface area contributed by atoms with Gasteiger partial charge in [0.15, 0.2) is 0 Å². The third-order valence-electron chi connectivity index (χ3n) is 3.63. The van der Waals surface area contributed by atoms with Gasteiger partial charge >= 0.3 is 0 Å². The standard InChI is InChI=1S/C15H21FN2O3S/c1-3-12(4-2)15(19)9-18-22(20,21)10-13-7-11(8-17)5-6-14(13)16/h5-7,12,15,18-19H,3-4,9-10H2,1-2H3. The highest BCUT2D eigenvalue weighted by atomic mass is 32.2. The van der Waals surface area contributed by atoms with E-state index in [-0.39, 0.29) is 23.6 Å². The van der Waals surface area contributed by atoms with Crippen LogP contribution in [0.2, 0.25) is 0 Å². The maximum Gasteiger partial charge on any atom is 0.215 e. The molecule has 7 heteroatoms. The lowest BCUT2D eigenvalue weighted by molar-refractivity contribution is 0.107. The fourth-order valence-electron chi connectivity index (χ4n) is 2.22. The van der Waals surface area contributed by atoms with Crippen LogP contribution in [0.1, 0.15) is 37.8 Å². The van der Waals surface area contributed by atoms with E-state index >= 15 is 0 Å². The Bertz CT molecular complexity index is 637. The molecule has 0 saturated heterocycles. The number of hydrogen-bond acceptors (Lipinski definition) is 4. The molecule has 0 radical (unpaired) electrons. The summed E-state index contributed by atoms with van der Waals surface area (Å²) in [5.41, 5.74) is 0.132. The first-order valence-electron chi connectivity index (χ1n) is 7.16. The van der Waals surface area contributed by atoms with E-state index in [2.05, 4.69) is 4.72 Å². The Labute approximate surface area is 130 Å². The van der Waals surface area contributed by atoms with E-state index in [9.17, 15) is 17.9 Å². The van der Waals surface area contributed by atoms with Crippen molar-refractivity contribution in [2.24, 2.45) is 5.92 Å². The van der Waals surface area contributed by atoms with E-state index < -0.39 is 27.7 Å². The summed E-state index contributed by atoms with van der Waals surface area (Å²) in [5.74, 6) is -1.23. The summed E-state index contributed by atoms with van der Waals surface area (Å²) in [5, 5.41) is 18.7. The number of aliphatic hydroxyl groups excluding tert-OH is 1. The Kier molecular flexibility index (Phi) is 6.94. The molecule has 0 bridgehead atoms. The molecule has 2 N–H and O–H groups in total. The van der Waals surface area contributed by atoms with Gasteiger partial charge in [0.2, 0.25) is 10.0 Å². The molecule has 0 aliphatic heterocycles. The molecule has 0 aliphatic rings. The van der Waals surface area contributed by atoms with E-state index in [0.29, 0.717) is 0 Å². The molecule has 1 atom stereocenters. The summed E-state index contributed by atoms with van der Waals surface area (Å²) in [4.78, 5) is 0. The van der Waals surface area contributed by atoms with Crippen LogP contribution in [0.4, 0.5) is 4.39 Å². The molecule has 0 spiro atoms. The average Bonchev–Trinajstić information content (AvgIpc) is 2.48. The summed E-state index contributed by atoms with van der Waals surface area (Å²) in [6, 6.07) is 5.41. The van der Waals surface area contributed by atoms with Crippen molar-refractivity contribution in [3.63, 3.8) is 0 Å². The highest BCUT2D eigenvalue weighted by Gasteiger charge is 2.20. The maximum atomic E-state index is 13.6. The molecule has 0 heterocycles. The molecule has 0 amide bonds. The SMILES string of the molecule is CCC(CC)C(O)CNS(=O)(=O)Cc1cc(C#N)ccc1F. The summed E-state index contributed by atoms with van der Waals surface area (Å²) in [6.07, 6.45) is 0.719. The van der Waals surface area contributed by atoms with E-state index in [1.54, 1.807) is 0 Å². The van der Waals surface area contributed by atoms with Crippen molar-refractivity contribution < 1.29 is 17.9 Å². The predicted molar refractivity (Wildman–Crippen MR) is 81.8 cm³/mol. The van der Waals surface area contributed by atoms with Gasteiger partial charge in [-0.05, 0) is 24.1 Å². The smallest absolute Gasteiger partial charge is 0.215 e. The van der Waals surface area contributed by atoms with Crippen molar-refractivity contribution in [2.75, 3.05) is 6.54 Å². The second kappa shape index (κ2) is 8.22. The predicted octanol–water partition coefficient (Wildman–Crippen LogP) is 1.91. The van der Waals surface area contributed by atoms with Gasteiger partial charge in [-0.25, -0.2) is 17.5 Å². The van der Waals surface area contributed by atoms with E-state index in [4.69, 9.17) is 5.26 Å². The number of nitrogens with one attached hydrogen (secondary N) is 1. The lowest BCUT2D eigenvalue weighted by Gasteiger charge is -2.20. The van der Waals surface area contributed by atoms with Crippen molar-refractivity contribution >= 4 is 10.0 Å². The number of sulfonamides is 1. The van der Waals surface area contributed by atoms with Crippen LogP contribution in [0.15, 0.2) is 18.2 Å². The fraction of sp³-hybridized carbons (Fsp3) is 0.533. The number of benzene rings is 1. The first kappa shape index (κ1) is 18.6. The third kappa shape index (κ3) is 5.37. The number of nitriles is 1. The van der Waals surface area contributed by atoms with Crippen LogP contribution in [0.25, 0.3) is 0 Å². The first-order valence-corrected chi connectivity index (χ1v) is 8.82. The molecule has 1 unspecified atom stereocenters. The summed E-state index contributed by atoms with van der Waals surface area (Å²) >= 11 is 0. The normalized spacial score (nSPS) is 13.1. The van der Waals surface area contributed by atoms with Gasteiger partial charge in [0.1, 0.15) is 5.82 Å². The summed E-state index contributed by atoms with van der Waals surface area (Å²) < 4.78 is 39.9. The molecule has 1 aromatic rings. The number of halogens is 1. The first-order chi connectivity index (χ1) is 10.3. The second-order valence-corrected chi connectivity index (χ2v) is 6.98. The zero-order chi connectivity index (χ0) is 16.8. The molecule has 1 rings (SSSR count). The molecule has 0 saturated carbocycles. The third-order valence-corrected chi connectivity index (χ3v) is 4.92. The topological polar surface area (TPSA) is 90.2 Å². The molecule has 22 heavy (non-hydrogen) atoms. The highest BCUT2D eigenvalue weighted by molar-refractivity contribution is 7.88. The summed E-state index contributed by atoms with van der Waals surface area (Å²) in [6.45, 7) is 3.75. The molecule has 5 nitrogen and oxygen atoms in total. The van der Waals surface area contributed by atoms with Crippen LogP contribution in [0, 0.1) is 23.1 Å². The Morgan fingerprint density at radius 1 is 1.36 bits per heavy atom. The summed E-state index contributed by atoms with van der Waals surface area (Å²) in [7, 11) is -3.79. The monoisotopic (exact) mass is 328 g/mol. The van der Waals surface area contributed by atoms with Crippen molar-refractivity contribution in [1.29, 1.82) is 5.26 Å². The van der Waals surface area contributed by atoms with Crippen LogP contribution in [0.5, 0.6) is 0 Å². The van der Waals surface area contributed by atoms with E-state index in [1.807, 2.05) is 19.9 Å². The Hall–Kier alpha value is -1.49. The lowest BCUT2D eigenvalue weighted by Crippen LogP contribution is -2.36. The van der Waals surface area contributed by atoms with Crippen molar-refractivity contribution in [3.8, 4) is 6.07 Å². The molecule has 0 fully saturated rings. The zero-order valence-corrected chi connectivity index (χ0v) is 13.5. The molecule has 1 aromatic carbocycles. The number of rotatable bonds is 8. The second-order valence-electron chi connectivity index (χ2n) is 5.17. The van der Waals surface area contributed by atoms with Gasteiger partial charge in [-0.15, -0.1) is 0 Å². The molecule has 0 aliphatic carbocycles. The molecular formula is C15H21FN2O3S. The van der Waals surface area contributed by atoms with Crippen molar-refractivity contribution in [2.45, 2.75) is 38.5 Å². The Morgan fingerprint density at radius 2 is 2.00 bits per heavy atom. The Morgan fingerprint density at radius 3 is 2.55 bits per heavy atom. The largest absolute Gasteiger partial charge is 0.391 e. The number of aliphatic hydroxyl groups is 1. The van der Waals surface area contributed by atoms with Gasteiger partial charge in [0, 0.05) is 12.1 Å². The minimum atomic E-state index is -3.79. The van der Waals surface area contributed by atoms with Crippen LogP contribution >= 0.6 is 0 Å². The van der Waals surface area contributed by atoms with Crippen LogP contribution in [-0.2, 0) is 15.8 Å². The van der Waals surface area contributed by atoms with Crippen LogP contribution < -0.4 is 4.72 Å². The lowest BCUT2D eigenvalue weighted by atomic mass is 9.97. The number of nitrogens with zero attached hydrogens (tertiary/aromatic N) is 1. The Balaban J connectivity index is 2.74. The van der Waals surface area contributed by atoms with Gasteiger partial charge in [-0.3, -0.25) is 0 Å². The van der Waals surface area contributed by atoms with Crippen LogP contribution in [-0.4, -0.2) is 26.2 Å². The van der Waals surface area contributed by atoms with Crippen molar-refractivity contribution in [1.82, 2.24) is 4.72 Å². The molecule has 0 aromatic heterocycles. The fourth-order valence-corrected chi connectivity index (χ4v) is 3.38. The molecular weight excluding hydrogens is 307 g/mol. The van der Waals surface area contributed by atoms with E-state index in [1.165, 1.54) is 12.1 Å². The van der Waals surface area contributed by atoms with Gasteiger partial charge in [0.25, 0.3) is 0 Å². The maximum absolute atomic E-state index is 13.6. The van der Waals surface area contributed by atoms with Crippen molar-refractivity contribution in [3.05, 3.63) is 35.1 Å². The number of hydrogen-bond donors (Lipinski definition) is 2. The average molecular weight is 328 g/mol. The highest BCUT2D eigenvalue weighted by Crippen LogP contribution is 2.15. The minimum absolute atomic E-state index is 0.0151. The van der Waals surface area contributed by atoms with Gasteiger partial charge in [-0.2, -0.15) is 5.26 Å². The van der Waals surface area contributed by atoms with Gasteiger partial charge < -0.3 is 5.11 Å². The van der Waals surface area contributed by atoms with Crippen LogP contribution in [0.3, 0.4) is 0 Å². The molecule has 122 valence electrons. The zero-order valence-electron chi connectivity index (χ0n) is 12.7. The van der Waals surface area contributed by atoms with Gasteiger partial charge in [0.05, 0.1) is 23.5 Å². The van der Waals surface area contributed by atoms with Gasteiger partial charge in [-0.1, -0.05) is 26.7 Å². The van der Waals surface area contributed by atoms with E-state index in [0.717, 1.165) is 18.9 Å². The minimum Gasteiger partial charge on any atom is -0.391 e.